The predicted molar refractivity (Wildman–Crippen MR) is 119 cm³/mol. The van der Waals surface area contributed by atoms with Crippen molar-refractivity contribution < 1.29 is 22.7 Å². The molecule has 1 amide bonds. The summed E-state index contributed by atoms with van der Waals surface area (Å²) < 4.78 is 36.7. The van der Waals surface area contributed by atoms with Gasteiger partial charge in [-0.25, -0.2) is 8.42 Å². The lowest BCUT2D eigenvalue weighted by Gasteiger charge is -2.22. The largest absolute Gasteiger partial charge is 0.493 e. The van der Waals surface area contributed by atoms with Crippen LogP contribution >= 0.6 is 0 Å². The second-order valence-electron chi connectivity index (χ2n) is 6.95. The highest BCUT2D eigenvalue weighted by Crippen LogP contribution is 2.29. The van der Waals surface area contributed by atoms with Gasteiger partial charge in [0.05, 0.1) is 24.7 Å². The summed E-state index contributed by atoms with van der Waals surface area (Å²) in [5.74, 6) is 1.04. The molecule has 0 spiro atoms. The molecule has 1 N–H and O–H groups in total. The van der Waals surface area contributed by atoms with E-state index in [1.807, 2.05) is 32.0 Å². The molecular formula is C22H30N2O5S. The summed E-state index contributed by atoms with van der Waals surface area (Å²) in [6, 6.07) is 12.1. The number of carbonyl (C=O) groups is 1. The molecule has 30 heavy (non-hydrogen) atoms. The molecule has 7 nitrogen and oxygen atoms in total. The van der Waals surface area contributed by atoms with Gasteiger partial charge in [-0.2, -0.15) is 0 Å². The van der Waals surface area contributed by atoms with Crippen LogP contribution in [0, 0.1) is 0 Å². The molecular weight excluding hydrogens is 404 g/mol. The number of carbonyl (C=O) groups excluding carboxylic acids is 1. The Morgan fingerprint density at radius 2 is 1.73 bits per heavy atom. The highest BCUT2D eigenvalue weighted by Gasteiger charge is 2.19. The third-order valence-corrected chi connectivity index (χ3v) is 6.32. The molecule has 164 valence electrons. The number of rotatable bonds is 10. The van der Waals surface area contributed by atoms with Gasteiger partial charge in [0.2, 0.25) is 10.0 Å². The van der Waals surface area contributed by atoms with Crippen molar-refractivity contribution in [1.82, 2.24) is 5.32 Å². The number of nitrogens with one attached hydrogen (secondary N) is 1. The van der Waals surface area contributed by atoms with Gasteiger partial charge in [-0.3, -0.25) is 9.10 Å². The average Bonchev–Trinajstić information content (AvgIpc) is 2.73. The number of hydrogen-bond acceptors (Lipinski definition) is 5. The van der Waals surface area contributed by atoms with E-state index in [1.54, 1.807) is 45.2 Å². The topological polar surface area (TPSA) is 84.9 Å². The Kier molecular flexibility index (Phi) is 8.11. The molecule has 0 fully saturated rings. The molecule has 0 saturated carbocycles. The SMILES string of the molecule is CCN(c1ccc(C(=O)NCc2ccc(OC(C)C)c(OC)c2)cc1)S(=O)(=O)CC. The van der Waals surface area contributed by atoms with E-state index >= 15 is 0 Å². The van der Waals surface area contributed by atoms with Crippen molar-refractivity contribution in [3.63, 3.8) is 0 Å². The zero-order chi connectivity index (χ0) is 22.3. The number of sulfonamides is 1. The van der Waals surface area contributed by atoms with Crippen LogP contribution in [0.2, 0.25) is 0 Å². The van der Waals surface area contributed by atoms with Gasteiger partial charge in [0.1, 0.15) is 0 Å². The lowest BCUT2D eigenvalue weighted by molar-refractivity contribution is 0.0951. The molecule has 0 saturated heterocycles. The number of nitrogens with zero attached hydrogens (tertiary/aromatic N) is 1. The number of ether oxygens (including phenoxy) is 2. The van der Waals surface area contributed by atoms with Crippen LogP contribution in [0.3, 0.4) is 0 Å². The minimum Gasteiger partial charge on any atom is -0.493 e. The first-order valence-corrected chi connectivity index (χ1v) is 11.5. The summed E-state index contributed by atoms with van der Waals surface area (Å²) in [4.78, 5) is 12.5. The minimum absolute atomic E-state index is 0.0214. The molecule has 2 rings (SSSR count). The second kappa shape index (κ2) is 10.3. The van der Waals surface area contributed by atoms with Gasteiger partial charge in [0.15, 0.2) is 11.5 Å². The van der Waals surface area contributed by atoms with Gasteiger partial charge < -0.3 is 14.8 Å². The number of benzene rings is 2. The van der Waals surface area contributed by atoms with Crippen molar-refractivity contribution in [2.45, 2.75) is 40.3 Å². The van der Waals surface area contributed by atoms with Crippen molar-refractivity contribution in [2.75, 3.05) is 23.7 Å². The minimum atomic E-state index is -3.35. The van der Waals surface area contributed by atoms with Crippen molar-refractivity contribution in [1.29, 1.82) is 0 Å². The standard InChI is InChI=1S/C22H30N2O5S/c1-6-24(30(26,27)7-2)19-11-9-18(10-12-19)22(25)23-15-17-8-13-20(29-16(3)4)21(14-17)28-5/h8-14,16H,6-7,15H2,1-5H3,(H,23,25). The number of anilines is 1. The van der Waals surface area contributed by atoms with E-state index in [2.05, 4.69) is 5.32 Å². The zero-order valence-electron chi connectivity index (χ0n) is 18.1. The summed E-state index contributed by atoms with van der Waals surface area (Å²) in [5.41, 5.74) is 1.87. The quantitative estimate of drug-likeness (QED) is 0.618. The Labute approximate surface area is 179 Å². The fourth-order valence-electron chi connectivity index (χ4n) is 2.93. The first-order chi connectivity index (χ1) is 14.2. The highest BCUT2D eigenvalue weighted by molar-refractivity contribution is 7.92. The molecule has 0 radical (unpaired) electrons. The van der Waals surface area contributed by atoms with E-state index in [0.717, 1.165) is 5.56 Å². The average molecular weight is 435 g/mol. The molecule has 0 unspecified atom stereocenters. The smallest absolute Gasteiger partial charge is 0.251 e. The first-order valence-electron chi connectivity index (χ1n) is 9.94. The zero-order valence-corrected chi connectivity index (χ0v) is 19.0. The lowest BCUT2D eigenvalue weighted by atomic mass is 10.1. The van der Waals surface area contributed by atoms with E-state index in [0.29, 0.717) is 35.8 Å². The molecule has 0 aliphatic heterocycles. The van der Waals surface area contributed by atoms with Gasteiger partial charge >= 0.3 is 0 Å². The van der Waals surface area contributed by atoms with Gasteiger partial charge in [-0.1, -0.05) is 6.07 Å². The van der Waals surface area contributed by atoms with Crippen molar-refractivity contribution in [3.8, 4) is 11.5 Å². The van der Waals surface area contributed by atoms with Crippen LogP contribution in [0.4, 0.5) is 5.69 Å². The molecule has 2 aromatic rings. The van der Waals surface area contributed by atoms with E-state index in [1.165, 1.54) is 4.31 Å². The summed E-state index contributed by atoms with van der Waals surface area (Å²) in [6.45, 7) is 7.92. The summed E-state index contributed by atoms with van der Waals surface area (Å²) in [6.07, 6.45) is 0.0309. The number of amides is 1. The molecule has 0 atom stereocenters. The summed E-state index contributed by atoms with van der Waals surface area (Å²) >= 11 is 0. The maximum absolute atomic E-state index is 12.5. The Bertz CT molecular complexity index is 956. The van der Waals surface area contributed by atoms with Crippen LogP contribution in [0.5, 0.6) is 11.5 Å². The van der Waals surface area contributed by atoms with E-state index < -0.39 is 10.0 Å². The van der Waals surface area contributed by atoms with Crippen molar-refractivity contribution >= 4 is 21.6 Å². The van der Waals surface area contributed by atoms with Crippen LogP contribution in [-0.4, -0.2) is 39.8 Å². The van der Waals surface area contributed by atoms with E-state index in [-0.39, 0.29) is 17.8 Å². The van der Waals surface area contributed by atoms with Crippen LogP contribution in [0.25, 0.3) is 0 Å². The number of hydrogen-bond donors (Lipinski definition) is 1. The highest BCUT2D eigenvalue weighted by atomic mass is 32.2. The van der Waals surface area contributed by atoms with Crippen LogP contribution in [-0.2, 0) is 16.6 Å². The molecule has 0 heterocycles. The molecule has 0 aliphatic carbocycles. The Morgan fingerprint density at radius 1 is 1.07 bits per heavy atom. The van der Waals surface area contributed by atoms with E-state index in [4.69, 9.17) is 9.47 Å². The maximum Gasteiger partial charge on any atom is 0.251 e. The molecule has 8 heteroatoms. The third kappa shape index (κ3) is 5.89. The number of methoxy groups -OCH3 is 1. The van der Waals surface area contributed by atoms with Gasteiger partial charge in [0.25, 0.3) is 5.91 Å². The Balaban J connectivity index is 2.06. The molecule has 0 aromatic heterocycles. The van der Waals surface area contributed by atoms with Gasteiger partial charge in [-0.05, 0) is 69.7 Å². The van der Waals surface area contributed by atoms with Gasteiger partial charge in [0, 0.05) is 18.7 Å². The van der Waals surface area contributed by atoms with Crippen molar-refractivity contribution in [3.05, 3.63) is 53.6 Å². The molecule has 2 aromatic carbocycles. The molecule has 0 bridgehead atoms. The maximum atomic E-state index is 12.5. The monoisotopic (exact) mass is 434 g/mol. The predicted octanol–water partition coefficient (Wildman–Crippen LogP) is 3.59. The third-order valence-electron chi connectivity index (χ3n) is 4.45. The Hall–Kier alpha value is -2.74. The normalized spacial score (nSPS) is 11.3. The summed E-state index contributed by atoms with van der Waals surface area (Å²) in [5, 5.41) is 2.86. The molecule has 0 aliphatic rings. The first kappa shape index (κ1) is 23.5. The fraction of sp³-hybridized carbons (Fsp3) is 0.409. The van der Waals surface area contributed by atoms with Gasteiger partial charge in [-0.15, -0.1) is 0 Å². The van der Waals surface area contributed by atoms with Crippen LogP contribution in [0.15, 0.2) is 42.5 Å². The van der Waals surface area contributed by atoms with Crippen LogP contribution in [0.1, 0.15) is 43.6 Å². The van der Waals surface area contributed by atoms with Crippen molar-refractivity contribution in [2.24, 2.45) is 0 Å². The lowest BCUT2D eigenvalue weighted by Crippen LogP contribution is -2.32. The van der Waals surface area contributed by atoms with E-state index in [9.17, 15) is 13.2 Å². The second-order valence-corrected chi connectivity index (χ2v) is 9.13. The summed E-state index contributed by atoms with van der Waals surface area (Å²) in [7, 11) is -1.78. The van der Waals surface area contributed by atoms with Crippen LogP contribution < -0.4 is 19.1 Å². The Morgan fingerprint density at radius 3 is 2.27 bits per heavy atom. The fourth-order valence-corrected chi connectivity index (χ4v) is 4.08.